The Morgan fingerprint density at radius 3 is 2.50 bits per heavy atom. The molecule has 0 aliphatic carbocycles. The Morgan fingerprint density at radius 1 is 1.17 bits per heavy atom. The molecule has 0 aromatic heterocycles. The molecule has 1 aliphatic rings. The van der Waals surface area contributed by atoms with Crippen LogP contribution in [0.5, 0.6) is 0 Å². The van der Waals surface area contributed by atoms with E-state index in [0.29, 0.717) is 19.8 Å². The summed E-state index contributed by atoms with van der Waals surface area (Å²) in [6.45, 7) is 8.23. The second-order valence-corrected chi connectivity index (χ2v) is 4.92. The minimum atomic E-state index is -0.0236. The first-order chi connectivity index (χ1) is 8.63. The first kappa shape index (κ1) is 13.5. The molecule has 1 aromatic rings. The molecular formula is C14H22N2O2. The minimum absolute atomic E-state index is 0.0235. The zero-order chi connectivity index (χ0) is 13.1. The van der Waals surface area contributed by atoms with Gasteiger partial charge >= 0.3 is 0 Å². The van der Waals surface area contributed by atoms with E-state index >= 15 is 0 Å². The first-order valence-electron chi connectivity index (χ1n) is 6.36. The number of nitrogens with two attached hydrogens (primary N) is 1. The van der Waals surface area contributed by atoms with Gasteiger partial charge in [0.2, 0.25) is 0 Å². The second kappa shape index (κ2) is 5.80. The van der Waals surface area contributed by atoms with E-state index in [2.05, 4.69) is 38.3 Å². The second-order valence-electron chi connectivity index (χ2n) is 4.92. The van der Waals surface area contributed by atoms with Gasteiger partial charge in [0.15, 0.2) is 0 Å². The highest BCUT2D eigenvalue weighted by molar-refractivity contribution is 5.38. The summed E-state index contributed by atoms with van der Waals surface area (Å²) in [6, 6.07) is 4.36. The topological polar surface area (TPSA) is 56.5 Å². The molecule has 1 fully saturated rings. The van der Waals surface area contributed by atoms with Crippen molar-refractivity contribution in [2.24, 2.45) is 5.84 Å². The van der Waals surface area contributed by atoms with E-state index in [1.807, 2.05) is 0 Å². The summed E-state index contributed by atoms with van der Waals surface area (Å²) in [5, 5.41) is 0. The van der Waals surface area contributed by atoms with Crippen molar-refractivity contribution < 1.29 is 9.47 Å². The van der Waals surface area contributed by atoms with E-state index in [1.54, 1.807) is 0 Å². The van der Waals surface area contributed by atoms with Gasteiger partial charge in [-0.15, -0.1) is 0 Å². The Hall–Kier alpha value is -0.940. The van der Waals surface area contributed by atoms with E-state index in [0.717, 1.165) is 0 Å². The van der Waals surface area contributed by atoms with Crippen LogP contribution in [0.3, 0.4) is 0 Å². The molecule has 0 amide bonds. The lowest BCUT2D eigenvalue weighted by atomic mass is 9.93. The lowest BCUT2D eigenvalue weighted by Gasteiger charge is -2.31. The monoisotopic (exact) mass is 250 g/mol. The van der Waals surface area contributed by atoms with Crippen molar-refractivity contribution in [3.63, 3.8) is 0 Å². The number of benzene rings is 1. The van der Waals surface area contributed by atoms with E-state index < -0.39 is 0 Å². The molecule has 0 saturated carbocycles. The largest absolute Gasteiger partial charge is 0.376 e. The van der Waals surface area contributed by atoms with Crippen molar-refractivity contribution in [3.8, 4) is 0 Å². The average Bonchev–Trinajstić information content (AvgIpc) is 2.38. The number of ether oxygens (including phenoxy) is 2. The number of rotatable bonds is 3. The summed E-state index contributed by atoms with van der Waals surface area (Å²) < 4.78 is 11.2. The number of hydrogen-bond donors (Lipinski definition) is 2. The van der Waals surface area contributed by atoms with Gasteiger partial charge in [-0.25, -0.2) is 0 Å². The summed E-state index contributed by atoms with van der Waals surface area (Å²) in [4.78, 5) is 0. The van der Waals surface area contributed by atoms with Crippen LogP contribution < -0.4 is 11.3 Å². The van der Waals surface area contributed by atoms with Crippen molar-refractivity contribution in [1.29, 1.82) is 0 Å². The van der Waals surface area contributed by atoms with Gasteiger partial charge in [-0.1, -0.05) is 12.1 Å². The van der Waals surface area contributed by atoms with Crippen molar-refractivity contribution in [3.05, 3.63) is 34.4 Å². The predicted molar refractivity (Wildman–Crippen MR) is 71.3 cm³/mol. The number of hydrogen-bond acceptors (Lipinski definition) is 4. The van der Waals surface area contributed by atoms with Crippen molar-refractivity contribution in [2.75, 3.05) is 19.8 Å². The summed E-state index contributed by atoms with van der Waals surface area (Å²) in [5.74, 6) is 5.71. The molecular weight excluding hydrogens is 228 g/mol. The number of aryl methyl sites for hydroxylation is 3. The standard InChI is InChI=1S/C14H22N2O2/c1-9-6-11(3)12(7-10(9)2)14(16-15)13-8-17-4-5-18-13/h6-7,13-14,16H,4-5,8,15H2,1-3H3. The summed E-state index contributed by atoms with van der Waals surface area (Å²) in [5.41, 5.74) is 7.86. The number of nitrogens with one attached hydrogen (secondary N) is 1. The van der Waals surface area contributed by atoms with Crippen LogP contribution in [0.25, 0.3) is 0 Å². The van der Waals surface area contributed by atoms with Gasteiger partial charge < -0.3 is 9.47 Å². The van der Waals surface area contributed by atoms with E-state index in [9.17, 15) is 0 Å². The van der Waals surface area contributed by atoms with Crippen LogP contribution in [0.1, 0.15) is 28.3 Å². The normalized spacial score (nSPS) is 21.9. The maximum atomic E-state index is 5.74. The molecule has 1 aliphatic heterocycles. The molecule has 1 saturated heterocycles. The van der Waals surface area contributed by atoms with Crippen LogP contribution in [0.15, 0.2) is 12.1 Å². The lowest BCUT2D eigenvalue weighted by molar-refractivity contribution is -0.102. The Balaban J connectivity index is 2.28. The van der Waals surface area contributed by atoms with E-state index in [1.165, 1.54) is 22.3 Å². The molecule has 2 atom stereocenters. The molecule has 1 heterocycles. The summed E-state index contributed by atoms with van der Waals surface area (Å²) in [7, 11) is 0. The third-order valence-electron chi connectivity index (χ3n) is 3.61. The predicted octanol–water partition coefficient (Wildman–Crippen LogP) is 1.53. The molecule has 0 spiro atoms. The zero-order valence-corrected chi connectivity index (χ0v) is 11.3. The Labute approximate surface area is 108 Å². The van der Waals surface area contributed by atoms with Crippen LogP contribution in [-0.4, -0.2) is 25.9 Å². The smallest absolute Gasteiger partial charge is 0.102 e. The van der Waals surface area contributed by atoms with Crippen LogP contribution in [0.2, 0.25) is 0 Å². The third-order valence-corrected chi connectivity index (χ3v) is 3.61. The van der Waals surface area contributed by atoms with E-state index in [-0.39, 0.29) is 12.1 Å². The Morgan fingerprint density at radius 2 is 1.89 bits per heavy atom. The van der Waals surface area contributed by atoms with Gasteiger partial charge in [-0.3, -0.25) is 11.3 Å². The minimum Gasteiger partial charge on any atom is -0.376 e. The average molecular weight is 250 g/mol. The maximum absolute atomic E-state index is 5.74. The molecule has 0 radical (unpaired) electrons. The molecule has 100 valence electrons. The summed E-state index contributed by atoms with van der Waals surface area (Å²) in [6.07, 6.45) is -0.0236. The molecule has 1 aromatic carbocycles. The van der Waals surface area contributed by atoms with Crippen molar-refractivity contribution in [2.45, 2.75) is 32.9 Å². The molecule has 18 heavy (non-hydrogen) atoms. The fraction of sp³-hybridized carbons (Fsp3) is 0.571. The summed E-state index contributed by atoms with van der Waals surface area (Å²) >= 11 is 0. The maximum Gasteiger partial charge on any atom is 0.102 e. The molecule has 4 heteroatoms. The molecule has 3 N–H and O–H groups in total. The van der Waals surface area contributed by atoms with Gasteiger partial charge in [0.1, 0.15) is 6.10 Å². The SMILES string of the molecule is Cc1cc(C)c(C(NN)C2COCCO2)cc1C. The third kappa shape index (κ3) is 2.72. The molecule has 4 nitrogen and oxygen atoms in total. The van der Waals surface area contributed by atoms with E-state index in [4.69, 9.17) is 15.3 Å². The van der Waals surface area contributed by atoms with Gasteiger partial charge in [0.25, 0.3) is 0 Å². The lowest BCUT2D eigenvalue weighted by Crippen LogP contribution is -2.43. The van der Waals surface area contributed by atoms with Crippen molar-refractivity contribution >= 4 is 0 Å². The zero-order valence-electron chi connectivity index (χ0n) is 11.3. The van der Waals surface area contributed by atoms with Gasteiger partial charge in [0.05, 0.1) is 25.9 Å². The fourth-order valence-corrected chi connectivity index (χ4v) is 2.41. The fourth-order valence-electron chi connectivity index (χ4n) is 2.41. The quantitative estimate of drug-likeness (QED) is 0.631. The molecule has 2 rings (SSSR count). The van der Waals surface area contributed by atoms with Crippen molar-refractivity contribution in [1.82, 2.24) is 5.43 Å². The van der Waals surface area contributed by atoms with Gasteiger partial charge in [-0.05, 0) is 43.0 Å². The van der Waals surface area contributed by atoms with Crippen LogP contribution in [0.4, 0.5) is 0 Å². The highest BCUT2D eigenvalue weighted by Crippen LogP contribution is 2.26. The first-order valence-corrected chi connectivity index (χ1v) is 6.36. The Kier molecular flexibility index (Phi) is 4.35. The highest BCUT2D eigenvalue weighted by atomic mass is 16.6. The number of hydrazine groups is 1. The van der Waals surface area contributed by atoms with Crippen LogP contribution in [-0.2, 0) is 9.47 Å². The van der Waals surface area contributed by atoms with Gasteiger partial charge in [0, 0.05) is 0 Å². The molecule has 0 bridgehead atoms. The van der Waals surface area contributed by atoms with Crippen LogP contribution in [0, 0.1) is 20.8 Å². The Bertz CT molecular complexity index is 415. The highest BCUT2D eigenvalue weighted by Gasteiger charge is 2.27. The van der Waals surface area contributed by atoms with Crippen LogP contribution >= 0.6 is 0 Å². The molecule has 2 unspecified atom stereocenters. The van der Waals surface area contributed by atoms with Gasteiger partial charge in [-0.2, -0.15) is 0 Å².